The first kappa shape index (κ1) is 12.4. The number of carbonyl (C=O) groups is 1. The minimum atomic E-state index is -0.496. The summed E-state index contributed by atoms with van der Waals surface area (Å²) in [5.74, 6) is 1.78. The smallest absolute Gasteiger partial charge is 0.331 e. The van der Waals surface area contributed by atoms with E-state index in [4.69, 9.17) is 9.15 Å². The fourth-order valence-corrected chi connectivity index (χ4v) is 2.27. The van der Waals surface area contributed by atoms with E-state index in [1.807, 2.05) is 0 Å². The van der Waals surface area contributed by atoms with Crippen molar-refractivity contribution in [3.63, 3.8) is 0 Å². The number of aromatic nitrogens is 2. The third kappa shape index (κ3) is 3.03. The number of hydrogen-bond acceptors (Lipinski definition) is 5. The predicted octanol–water partition coefficient (Wildman–Crippen LogP) is 2.73. The Morgan fingerprint density at radius 3 is 2.42 bits per heavy atom. The van der Waals surface area contributed by atoms with Crippen LogP contribution in [-0.2, 0) is 9.53 Å². The SMILES string of the molecule is Cc1nnc([C@@H](C)OC(=O)C=C(C2CC2)C2CC2)o1. The summed E-state index contributed by atoms with van der Waals surface area (Å²) in [4.78, 5) is 11.9. The van der Waals surface area contributed by atoms with E-state index in [1.54, 1.807) is 19.9 Å². The van der Waals surface area contributed by atoms with E-state index in [9.17, 15) is 4.79 Å². The van der Waals surface area contributed by atoms with Gasteiger partial charge in [0.1, 0.15) is 0 Å². The Morgan fingerprint density at radius 1 is 1.32 bits per heavy atom. The van der Waals surface area contributed by atoms with Gasteiger partial charge >= 0.3 is 5.97 Å². The Kier molecular flexibility index (Phi) is 3.12. The normalized spacial score (nSPS) is 19.9. The van der Waals surface area contributed by atoms with Crippen molar-refractivity contribution in [1.82, 2.24) is 10.2 Å². The molecule has 2 aliphatic rings. The van der Waals surface area contributed by atoms with Gasteiger partial charge < -0.3 is 9.15 Å². The van der Waals surface area contributed by atoms with E-state index in [0.717, 1.165) is 0 Å². The zero-order chi connectivity index (χ0) is 13.4. The Labute approximate surface area is 112 Å². The van der Waals surface area contributed by atoms with Gasteiger partial charge in [0.2, 0.25) is 5.89 Å². The number of esters is 1. The van der Waals surface area contributed by atoms with Crippen LogP contribution in [0.3, 0.4) is 0 Å². The molecule has 5 heteroatoms. The maximum Gasteiger partial charge on any atom is 0.331 e. The third-order valence-corrected chi connectivity index (χ3v) is 3.56. The monoisotopic (exact) mass is 262 g/mol. The molecule has 2 aliphatic carbocycles. The van der Waals surface area contributed by atoms with Crippen LogP contribution >= 0.6 is 0 Å². The van der Waals surface area contributed by atoms with Gasteiger partial charge in [-0.2, -0.15) is 0 Å². The van der Waals surface area contributed by atoms with Gasteiger partial charge in [0.05, 0.1) is 0 Å². The zero-order valence-electron chi connectivity index (χ0n) is 11.3. The highest BCUT2D eigenvalue weighted by Crippen LogP contribution is 2.48. The van der Waals surface area contributed by atoms with Crippen molar-refractivity contribution < 1.29 is 13.9 Å². The summed E-state index contributed by atoms with van der Waals surface area (Å²) < 4.78 is 10.6. The molecular weight excluding hydrogens is 244 g/mol. The van der Waals surface area contributed by atoms with Crippen LogP contribution in [0.4, 0.5) is 0 Å². The molecule has 5 nitrogen and oxygen atoms in total. The van der Waals surface area contributed by atoms with Crippen LogP contribution in [0.15, 0.2) is 16.1 Å². The predicted molar refractivity (Wildman–Crippen MR) is 67.1 cm³/mol. The number of carbonyl (C=O) groups excluding carboxylic acids is 1. The summed E-state index contributed by atoms with van der Waals surface area (Å²) in [7, 11) is 0. The molecule has 0 bridgehead atoms. The molecule has 0 saturated heterocycles. The van der Waals surface area contributed by atoms with Crippen molar-refractivity contribution in [3.05, 3.63) is 23.4 Å². The minimum absolute atomic E-state index is 0.294. The first-order valence-corrected chi connectivity index (χ1v) is 6.85. The lowest BCUT2D eigenvalue weighted by molar-refractivity contribution is -0.143. The van der Waals surface area contributed by atoms with E-state index < -0.39 is 6.10 Å². The second kappa shape index (κ2) is 4.79. The summed E-state index contributed by atoms with van der Waals surface area (Å²) in [6.45, 7) is 3.45. The topological polar surface area (TPSA) is 65.2 Å². The van der Waals surface area contributed by atoms with E-state index >= 15 is 0 Å². The number of aryl methyl sites for hydroxylation is 1. The number of nitrogens with zero attached hydrogens (tertiary/aromatic N) is 2. The lowest BCUT2D eigenvalue weighted by Crippen LogP contribution is -2.08. The van der Waals surface area contributed by atoms with Crippen molar-refractivity contribution in [2.75, 3.05) is 0 Å². The lowest BCUT2D eigenvalue weighted by Gasteiger charge is -2.08. The average Bonchev–Trinajstić information content (AvgIpc) is 3.26. The third-order valence-electron chi connectivity index (χ3n) is 3.56. The molecule has 102 valence electrons. The number of rotatable bonds is 5. The zero-order valence-corrected chi connectivity index (χ0v) is 11.3. The molecule has 0 aliphatic heterocycles. The van der Waals surface area contributed by atoms with Gasteiger partial charge in [-0.1, -0.05) is 5.57 Å². The highest BCUT2D eigenvalue weighted by Gasteiger charge is 2.37. The molecule has 1 aromatic heterocycles. The second-order valence-corrected chi connectivity index (χ2v) is 5.43. The number of ether oxygens (including phenoxy) is 1. The van der Waals surface area contributed by atoms with Crippen molar-refractivity contribution in [2.24, 2.45) is 11.8 Å². The molecule has 19 heavy (non-hydrogen) atoms. The van der Waals surface area contributed by atoms with Gasteiger partial charge in [-0.25, -0.2) is 4.79 Å². The summed E-state index contributed by atoms with van der Waals surface area (Å²) in [6, 6.07) is 0. The van der Waals surface area contributed by atoms with E-state index in [2.05, 4.69) is 10.2 Å². The molecule has 0 unspecified atom stereocenters. The minimum Gasteiger partial charge on any atom is -0.449 e. The average molecular weight is 262 g/mol. The van der Waals surface area contributed by atoms with Crippen LogP contribution in [0.5, 0.6) is 0 Å². The van der Waals surface area contributed by atoms with Crippen LogP contribution in [-0.4, -0.2) is 16.2 Å². The Hall–Kier alpha value is -1.65. The Bertz CT molecular complexity index is 499. The van der Waals surface area contributed by atoms with Crippen LogP contribution in [0, 0.1) is 18.8 Å². The van der Waals surface area contributed by atoms with Gasteiger partial charge in [0, 0.05) is 13.0 Å². The second-order valence-electron chi connectivity index (χ2n) is 5.43. The highest BCUT2D eigenvalue weighted by molar-refractivity contribution is 5.83. The van der Waals surface area contributed by atoms with Crippen molar-refractivity contribution in [2.45, 2.75) is 45.6 Å². The van der Waals surface area contributed by atoms with Gasteiger partial charge in [-0.3, -0.25) is 0 Å². The number of hydrogen-bond donors (Lipinski definition) is 0. The molecule has 1 atom stereocenters. The Morgan fingerprint density at radius 2 is 1.95 bits per heavy atom. The van der Waals surface area contributed by atoms with Crippen molar-refractivity contribution in [1.29, 1.82) is 0 Å². The molecule has 2 saturated carbocycles. The Balaban J connectivity index is 1.62. The van der Waals surface area contributed by atoms with Gasteiger partial charge in [-0.15, -0.1) is 10.2 Å². The molecule has 1 heterocycles. The molecule has 2 fully saturated rings. The van der Waals surface area contributed by atoms with Crippen LogP contribution in [0.1, 0.15) is 50.5 Å². The molecule has 0 aromatic carbocycles. The first-order chi connectivity index (χ1) is 9.13. The van der Waals surface area contributed by atoms with E-state index in [1.165, 1.54) is 31.3 Å². The molecule has 3 rings (SSSR count). The van der Waals surface area contributed by atoms with Crippen molar-refractivity contribution >= 4 is 5.97 Å². The summed E-state index contributed by atoms with van der Waals surface area (Å²) in [6.07, 6.45) is 6.06. The fraction of sp³-hybridized carbons (Fsp3) is 0.643. The van der Waals surface area contributed by atoms with Crippen LogP contribution < -0.4 is 0 Å². The van der Waals surface area contributed by atoms with Crippen LogP contribution in [0.25, 0.3) is 0 Å². The van der Waals surface area contributed by atoms with Gasteiger partial charge in [-0.05, 0) is 44.4 Å². The molecule has 0 amide bonds. The first-order valence-electron chi connectivity index (χ1n) is 6.85. The lowest BCUT2D eigenvalue weighted by atomic mass is 10.1. The van der Waals surface area contributed by atoms with E-state index in [-0.39, 0.29) is 5.97 Å². The number of allylic oxidation sites excluding steroid dienone is 1. The largest absolute Gasteiger partial charge is 0.449 e. The maximum atomic E-state index is 11.9. The standard InChI is InChI=1S/C14H18N2O3/c1-8(14-16-15-9(2)19-14)18-13(17)7-12(10-3-4-10)11-5-6-11/h7-8,10-11H,3-6H2,1-2H3/t8-/m1/s1. The van der Waals surface area contributed by atoms with Crippen molar-refractivity contribution in [3.8, 4) is 0 Å². The quantitative estimate of drug-likeness (QED) is 0.603. The maximum absolute atomic E-state index is 11.9. The highest BCUT2D eigenvalue weighted by atomic mass is 16.6. The summed E-state index contributed by atoms with van der Waals surface area (Å²) >= 11 is 0. The molecule has 0 spiro atoms. The summed E-state index contributed by atoms with van der Waals surface area (Å²) in [5, 5.41) is 7.59. The van der Waals surface area contributed by atoms with Crippen LogP contribution in [0.2, 0.25) is 0 Å². The molecule has 1 aromatic rings. The fourth-order valence-electron chi connectivity index (χ4n) is 2.27. The van der Waals surface area contributed by atoms with Gasteiger partial charge in [0.15, 0.2) is 6.10 Å². The molecule has 0 N–H and O–H groups in total. The molecular formula is C14H18N2O3. The van der Waals surface area contributed by atoms with Gasteiger partial charge in [0.25, 0.3) is 5.89 Å². The summed E-state index contributed by atoms with van der Waals surface area (Å²) in [5.41, 5.74) is 1.29. The molecule has 0 radical (unpaired) electrons. The van der Waals surface area contributed by atoms with E-state index in [0.29, 0.717) is 23.6 Å².